The molecule has 2 aromatic rings. The maximum Gasteiger partial charge on any atom is 0.255 e. The van der Waals surface area contributed by atoms with Gasteiger partial charge in [-0.05, 0) is 29.8 Å². The van der Waals surface area contributed by atoms with Crippen LogP contribution in [0.1, 0.15) is 15.9 Å². The molecule has 0 fully saturated rings. The minimum atomic E-state index is -0.0895. The SMILES string of the molecule is COc1ccc(CN(C)C(=O)c2ccc(N)nc2)cc1. The van der Waals surface area contributed by atoms with Gasteiger partial charge < -0.3 is 15.4 Å². The zero-order chi connectivity index (χ0) is 14.5. The number of hydrogen-bond donors (Lipinski definition) is 1. The Labute approximate surface area is 118 Å². The van der Waals surface area contributed by atoms with E-state index in [1.807, 2.05) is 24.3 Å². The summed E-state index contributed by atoms with van der Waals surface area (Å²) in [5.74, 6) is 1.11. The molecule has 0 unspecified atom stereocenters. The summed E-state index contributed by atoms with van der Waals surface area (Å²) in [6.45, 7) is 0.521. The Kier molecular flexibility index (Phi) is 4.20. The topological polar surface area (TPSA) is 68.5 Å². The Hall–Kier alpha value is -2.56. The van der Waals surface area contributed by atoms with Crippen LogP contribution in [0.2, 0.25) is 0 Å². The maximum atomic E-state index is 12.2. The smallest absolute Gasteiger partial charge is 0.255 e. The van der Waals surface area contributed by atoms with Gasteiger partial charge in [0.25, 0.3) is 5.91 Å². The van der Waals surface area contributed by atoms with Crippen molar-refractivity contribution in [3.05, 3.63) is 53.7 Å². The van der Waals surface area contributed by atoms with Gasteiger partial charge in [0.05, 0.1) is 12.7 Å². The quantitative estimate of drug-likeness (QED) is 0.922. The number of carbonyl (C=O) groups is 1. The van der Waals surface area contributed by atoms with E-state index >= 15 is 0 Å². The number of pyridine rings is 1. The predicted octanol–water partition coefficient (Wildman–Crippen LogP) is 1.94. The van der Waals surface area contributed by atoms with Gasteiger partial charge in [-0.1, -0.05) is 12.1 Å². The molecule has 5 nitrogen and oxygen atoms in total. The zero-order valence-corrected chi connectivity index (χ0v) is 11.5. The molecule has 20 heavy (non-hydrogen) atoms. The van der Waals surface area contributed by atoms with Gasteiger partial charge in [-0.2, -0.15) is 0 Å². The summed E-state index contributed by atoms with van der Waals surface area (Å²) in [6.07, 6.45) is 1.49. The predicted molar refractivity (Wildman–Crippen MR) is 77.4 cm³/mol. The standard InChI is InChI=1S/C15H17N3O2/c1-18(10-11-3-6-13(20-2)7-4-11)15(19)12-5-8-14(16)17-9-12/h3-9H,10H2,1-2H3,(H2,16,17). The second-order valence-electron chi connectivity index (χ2n) is 4.48. The van der Waals surface area contributed by atoms with E-state index in [0.717, 1.165) is 11.3 Å². The molecule has 0 saturated carbocycles. The van der Waals surface area contributed by atoms with Crippen LogP contribution in [0.4, 0.5) is 5.82 Å². The van der Waals surface area contributed by atoms with Crippen LogP contribution in [0.3, 0.4) is 0 Å². The molecule has 0 radical (unpaired) electrons. The van der Waals surface area contributed by atoms with Gasteiger partial charge in [-0.3, -0.25) is 4.79 Å². The van der Waals surface area contributed by atoms with Crippen LogP contribution in [0.25, 0.3) is 0 Å². The van der Waals surface area contributed by atoms with Crippen LogP contribution in [0.5, 0.6) is 5.75 Å². The summed E-state index contributed by atoms with van der Waals surface area (Å²) in [5.41, 5.74) is 7.06. The summed E-state index contributed by atoms with van der Waals surface area (Å²) >= 11 is 0. The fourth-order valence-electron chi connectivity index (χ4n) is 1.83. The van der Waals surface area contributed by atoms with Crippen molar-refractivity contribution in [1.82, 2.24) is 9.88 Å². The minimum absolute atomic E-state index is 0.0895. The molecule has 0 aliphatic carbocycles. The second kappa shape index (κ2) is 6.06. The second-order valence-corrected chi connectivity index (χ2v) is 4.48. The van der Waals surface area contributed by atoms with Gasteiger partial charge in [-0.15, -0.1) is 0 Å². The average Bonchev–Trinajstić information content (AvgIpc) is 2.48. The van der Waals surface area contributed by atoms with Gasteiger partial charge in [0.2, 0.25) is 0 Å². The van der Waals surface area contributed by atoms with Crippen molar-refractivity contribution in [3.63, 3.8) is 0 Å². The largest absolute Gasteiger partial charge is 0.497 e. The van der Waals surface area contributed by atoms with Gasteiger partial charge >= 0.3 is 0 Å². The number of benzene rings is 1. The Morgan fingerprint density at radius 2 is 1.95 bits per heavy atom. The average molecular weight is 271 g/mol. The molecule has 2 rings (SSSR count). The third-order valence-electron chi connectivity index (χ3n) is 2.96. The number of nitrogen functional groups attached to an aromatic ring is 1. The van der Waals surface area contributed by atoms with Gasteiger partial charge in [0.15, 0.2) is 0 Å². The number of hydrogen-bond acceptors (Lipinski definition) is 4. The first-order chi connectivity index (χ1) is 9.60. The van der Waals surface area contributed by atoms with E-state index in [1.54, 1.807) is 31.2 Å². The third kappa shape index (κ3) is 3.26. The molecule has 0 aliphatic rings. The third-order valence-corrected chi connectivity index (χ3v) is 2.96. The molecule has 0 atom stereocenters. The Balaban J connectivity index is 2.04. The first-order valence-electron chi connectivity index (χ1n) is 6.20. The van der Waals surface area contributed by atoms with Crippen LogP contribution in [0, 0.1) is 0 Å². The Morgan fingerprint density at radius 1 is 1.25 bits per heavy atom. The minimum Gasteiger partial charge on any atom is -0.497 e. The first-order valence-corrected chi connectivity index (χ1v) is 6.20. The first kappa shape index (κ1) is 13.9. The van der Waals surface area contributed by atoms with E-state index in [1.165, 1.54) is 6.20 Å². The highest BCUT2D eigenvalue weighted by Gasteiger charge is 2.12. The molecule has 1 heterocycles. The lowest BCUT2D eigenvalue weighted by Gasteiger charge is -2.17. The van der Waals surface area contributed by atoms with Crippen molar-refractivity contribution >= 4 is 11.7 Å². The van der Waals surface area contributed by atoms with E-state index < -0.39 is 0 Å². The molecular formula is C15H17N3O2. The van der Waals surface area contributed by atoms with Gasteiger partial charge in [-0.25, -0.2) is 4.98 Å². The highest BCUT2D eigenvalue weighted by molar-refractivity contribution is 5.93. The lowest BCUT2D eigenvalue weighted by molar-refractivity contribution is 0.0784. The number of aromatic nitrogens is 1. The van der Waals surface area contributed by atoms with Crippen LogP contribution in [-0.2, 0) is 6.54 Å². The molecule has 5 heteroatoms. The number of ether oxygens (including phenoxy) is 1. The van der Waals surface area contributed by atoms with Crippen molar-refractivity contribution in [2.75, 3.05) is 19.9 Å². The van der Waals surface area contributed by atoms with Crippen LogP contribution < -0.4 is 10.5 Å². The molecule has 1 aromatic heterocycles. The maximum absolute atomic E-state index is 12.2. The summed E-state index contributed by atoms with van der Waals surface area (Å²) in [4.78, 5) is 17.8. The lowest BCUT2D eigenvalue weighted by atomic mass is 10.2. The van der Waals surface area contributed by atoms with Crippen molar-refractivity contribution in [2.24, 2.45) is 0 Å². The summed E-state index contributed by atoms with van der Waals surface area (Å²) in [6, 6.07) is 10.9. The van der Waals surface area contributed by atoms with E-state index in [-0.39, 0.29) is 5.91 Å². The highest BCUT2D eigenvalue weighted by Crippen LogP contribution is 2.13. The van der Waals surface area contributed by atoms with E-state index in [2.05, 4.69) is 4.98 Å². The highest BCUT2D eigenvalue weighted by atomic mass is 16.5. The van der Waals surface area contributed by atoms with E-state index in [4.69, 9.17) is 10.5 Å². The molecule has 1 aromatic carbocycles. The molecule has 0 spiro atoms. The molecule has 2 N–H and O–H groups in total. The lowest BCUT2D eigenvalue weighted by Crippen LogP contribution is -2.26. The summed E-state index contributed by atoms with van der Waals surface area (Å²) in [7, 11) is 3.38. The summed E-state index contributed by atoms with van der Waals surface area (Å²) < 4.78 is 5.10. The van der Waals surface area contributed by atoms with E-state index in [9.17, 15) is 4.79 Å². The Bertz CT molecular complexity index is 579. The van der Waals surface area contributed by atoms with Crippen molar-refractivity contribution in [2.45, 2.75) is 6.54 Å². The van der Waals surface area contributed by atoms with Crippen molar-refractivity contribution < 1.29 is 9.53 Å². The number of nitrogens with zero attached hydrogens (tertiary/aromatic N) is 2. The van der Waals surface area contributed by atoms with Crippen molar-refractivity contribution in [3.8, 4) is 5.75 Å². The number of carbonyl (C=O) groups excluding carboxylic acids is 1. The molecule has 0 aliphatic heterocycles. The van der Waals surface area contributed by atoms with Crippen molar-refractivity contribution in [1.29, 1.82) is 0 Å². The number of nitrogens with two attached hydrogens (primary N) is 1. The molecular weight excluding hydrogens is 254 g/mol. The number of rotatable bonds is 4. The molecule has 0 saturated heterocycles. The van der Waals surface area contributed by atoms with E-state index in [0.29, 0.717) is 17.9 Å². The van der Waals surface area contributed by atoms with Gasteiger partial charge in [0, 0.05) is 19.8 Å². The number of methoxy groups -OCH3 is 1. The zero-order valence-electron chi connectivity index (χ0n) is 11.5. The fourth-order valence-corrected chi connectivity index (χ4v) is 1.83. The van der Waals surface area contributed by atoms with Crippen LogP contribution in [-0.4, -0.2) is 29.9 Å². The summed E-state index contributed by atoms with van der Waals surface area (Å²) in [5, 5.41) is 0. The monoisotopic (exact) mass is 271 g/mol. The normalized spacial score (nSPS) is 10.1. The molecule has 1 amide bonds. The molecule has 0 bridgehead atoms. The Morgan fingerprint density at radius 3 is 2.50 bits per heavy atom. The fraction of sp³-hybridized carbons (Fsp3) is 0.200. The van der Waals surface area contributed by atoms with Crippen LogP contribution in [0.15, 0.2) is 42.6 Å². The molecule has 104 valence electrons. The number of anilines is 1. The van der Waals surface area contributed by atoms with Gasteiger partial charge in [0.1, 0.15) is 11.6 Å². The van der Waals surface area contributed by atoms with Crippen LogP contribution >= 0.6 is 0 Å². The number of amides is 1.